The van der Waals surface area contributed by atoms with Gasteiger partial charge in [-0.15, -0.1) is 0 Å². The molecule has 1 N–H and O–H groups in total. The van der Waals surface area contributed by atoms with Gasteiger partial charge in [0.05, 0.1) is 5.69 Å². The fourth-order valence-electron chi connectivity index (χ4n) is 1.77. The maximum atomic E-state index is 4.21. The number of allylic oxidation sites excluding steroid dienone is 1. The van der Waals surface area contributed by atoms with E-state index in [1.165, 1.54) is 5.56 Å². The van der Waals surface area contributed by atoms with Crippen LogP contribution in [0.5, 0.6) is 0 Å². The van der Waals surface area contributed by atoms with Crippen LogP contribution in [0.2, 0.25) is 0 Å². The summed E-state index contributed by atoms with van der Waals surface area (Å²) in [6, 6.07) is 10.4. The Labute approximate surface area is 108 Å². The van der Waals surface area contributed by atoms with E-state index in [0.29, 0.717) is 0 Å². The zero-order chi connectivity index (χ0) is 12.6. The SMILES string of the molecule is C/C=C/CCNCc1ccc(-n2cccn2)cc1. The molecule has 0 atom stereocenters. The first-order valence-electron chi connectivity index (χ1n) is 6.31. The molecule has 18 heavy (non-hydrogen) atoms. The zero-order valence-electron chi connectivity index (χ0n) is 10.7. The zero-order valence-corrected chi connectivity index (χ0v) is 10.7. The molecule has 0 bridgehead atoms. The van der Waals surface area contributed by atoms with E-state index in [0.717, 1.165) is 25.2 Å². The summed E-state index contributed by atoms with van der Waals surface area (Å²) >= 11 is 0. The minimum Gasteiger partial charge on any atom is -0.312 e. The molecule has 2 rings (SSSR count). The van der Waals surface area contributed by atoms with Crippen molar-refractivity contribution in [3.05, 3.63) is 60.4 Å². The molecule has 1 aromatic carbocycles. The fraction of sp³-hybridized carbons (Fsp3) is 0.267. The summed E-state index contributed by atoms with van der Waals surface area (Å²) in [5.74, 6) is 0. The number of nitrogens with one attached hydrogen (secondary N) is 1. The van der Waals surface area contributed by atoms with Gasteiger partial charge in [-0.25, -0.2) is 4.68 Å². The number of nitrogens with zero attached hydrogens (tertiary/aromatic N) is 2. The monoisotopic (exact) mass is 241 g/mol. The number of hydrogen-bond acceptors (Lipinski definition) is 2. The maximum absolute atomic E-state index is 4.21. The van der Waals surface area contributed by atoms with Gasteiger partial charge in [-0.1, -0.05) is 24.3 Å². The smallest absolute Gasteiger partial charge is 0.0645 e. The van der Waals surface area contributed by atoms with Crippen molar-refractivity contribution in [3.8, 4) is 5.69 Å². The second kappa shape index (κ2) is 6.77. The highest BCUT2D eigenvalue weighted by atomic mass is 15.3. The predicted octanol–water partition coefficient (Wildman–Crippen LogP) is 2.93. The summed E-state index contributed by atoms with van der Waals surface area (Å²) < 4.78 is 1.86. The third kappa shape index (κ3) is 3.57. The van der Waals surface area contributed by atoms with Gasteiger partial charge in [-0.05, 0) is 43.7 Å². The van der Waals surface area contributed by atoms with E-state index in [-0.39, 0.29) is 0 Å². The molecule has 2 aromatic rings. The molecule has 0 aliphatic rings. The van der Waals surface area contributed by atoms with Gasteiger partial charge in [0, 0.05) is 18.9 Å². The van der Waals surface area contributed by atoms with Gasteiger partial charge in [-0.2, -0.15) is 5.10 Å². The van der Waals surface area contributed by atoms with Gasteiger partial charge >= 0.3 is 0 Å². The van der Waals surface area contributed by atoms with Crippen molar-refractivity contribution in [2.45, 2.75) is 19.9 Å². The first-order chi connectivity index (χ1) is 8.90. The van der Waals surface area contributed by atoms with Crippen molar-refractivity contribution in [3.63, 3.8) is 0 Å². The topological polar surface area (TPSA) is 29.9 Å². The Morgan fingerprint density at radius 1 is 1.28 bits per heavy atom. The van der Waals surface area contributed by atoms with Crippen molar-refractivity contribution >= 4 is 0 Å². The summed E-state index contributed by atoms with van der Waals surface area (Å²) in [5.41, 5.74) is 2.39. The Morgan fingerprint density at radius 3 is 2.78 bits per heavy atom. The normalized spacial score (nSPS) is 11.2. The van der Waals surface area contributed by atoms with E-state index >= 15 is 0 Å². The Balaban J connectivity index is 1.84. The number of aromatic nitrogens is 2. The van der Waals surface area contributed by atoms with E-state index in [1.807, 2.05) is 23.9 Å². The van der Waals surface area contributed by atoms with Gasteiger partial charge in [0.1, 0.15) is 0 Å². The van der Waals surface area contributed by atoms with Crippen molar-refractivity contribution in [1.82, 2.24) is 15.1 Å². The molecule has 0 aliphatic heterocycles. The quantitative estimate of drug-likeness (QED) is 0.622. The molecule has 0 unspecified atom stereocenters. The van der Waals surface area contributed by atoms with Gasteiger partial charge in [0.2, 0.25) is 0 Å². The first kappa shape index (κ1) is 12.6. The third-order valence-electron chi connectivity index (χ3n) is 2.76. The fourth-order valence-corrected chi connectivity index (χ4v) is 1.77. The lowest BCUT2D eigenvalue weighted by Gasteiger charge is -2.05. The van der Waals surface area contributed by atoms with Crippen molar-refractivity contribution < 1.29 is 0 Å². The van der Waals surface area contributed by atoms with Crippen LogP contribution in [0.25, 0.3) is 5.69 Å². The second-order valence-corrected chi connectivity index (χ2v) is 4.15. The van der Waals surface area contributed by atoms with E-state index in [2.05, 4.69) is 46.8 Å². The minimum absolute atomic E-state index is 0.914. The van der Waals surface area contributed by atoms with Crippen LogP contribution in [0.15, 0.2) is 54.9 Å². The molecule has 3 heteroatoms. The number of rotatable bonds is 6. The first-order valence-corrected chi connectivity index (χ1v) is 6.31. The van der Waals surface area contributed by atoms with Crippen molar-refractivity contribution in [1.29, 1.82) is 0 Å². The highest BCUT2D eigenvalue weighted by Crippen LogP contribution is 2.08. The molecule has 1 heterocycles. The molecule has 0 saturated carbocycles. The summed E-state index contributed by atoms with van der Waals surface area (Å²) in [6.07, 6.45) is 9.08. The second-order valence-electron chi connectivity index (χ2n) is 4.15. The Hall–Kier alpha value is -1.87. The predicted molar refractivity (Wildman–Crippen MR) is 74.7 cm³/mol. The highest BCUT2D eigenvalue weighted by Gasteiger charge is 1.96. The van der Waals surface area contributed by atoms with Crippen LogP contribution in [0, 0.1) is 0 Å². The molecule has 0 spiro atoms. The van der Waals surface area contributed by atoms with Crippen molar-refractivity contribution in [2.24, 2.45) is 0 Å². The maximum Gasteiger partial charge on any atom is 0.0645 e. The van der Waals surface area contributed by atoms with Crippen LogP contribution in [-0.4, -0.2) is 16.3 Å². The lowest BCUT2D eigenvalue weighted by Crippen LogP contribution is -2.13. The molecular weight excluding hydrogens is 222 g/mol. The molecule has 1 aromatic heterocycles. The molecule has 0 saturated heterocycles. The molecule has 0 amide bonds. The average Bonchev–Trinajstić information content (AvgIpc) is 2.93. The van der Waals surface area contributed by atoms with Crippen LogP contribution >= 0.6 is 0 Å². The van der Waals surface area contributed by atoms with Crippen molar-refractivity contribution in [2.75, 3.05) is 6.54 Å². The van der Waals surface area contributed by atoms with E-state index in [9.17, 15) is 0 Å². The summed E-state index contributed by atoms with van der Waals surface area (Å²) in [7, 11) is 0. The number of benzene rings is 1. The largest absolute Gasteiger partial charge is 0.312 e. The van der Waals surface area contributed by atoms with Gasteiger partial charge < -0.3 is 5.32 Å². The van der Waals surface area contributed by atoms with Crippen LogP contribution in [-0.2, 0) is 6.54 Å². The van der Waals surface area contributed by atoms with E-state index in [4.69, 9.17) is 0 Å². The molecule has 94 valence electrons. The lowest BCUT2D eigenvalue weighted by molar-refractivity contribution is 0.695. The average molecular weight is 241 g/mol. The summed E-state index contributed by atoms with van der Waals surface area (Å²) in [6.45, 7) is 3.98. The Bertz CT molecular complexity index is 469. The summed E-state index contributed by atoms with van der Waals surface area (Å²) in [5, 5.41) is 7.62. The van der Waals surface area contributed by atoms with Crippen LogP contribution < -0.4 is 5.32 Å². The van der Waals surface area contributed by atoms with Gasteiger partial charge in [-0.3, -0.25) is 0 Å². The van der Waals surface area contributed by atoms with E-state index < -0.39 is 0 Å². The molecular formula is C15H19N3. The van der Waals surface area contributed by atoms with E-state index in [1.54, 1.807) is 6.20 Å². The van der Waals surface area contributed by atoms with Gasteiger partial charge in [0.25, 0.3) is 0 Å². The van der Waals surface area contributed by atoms with Gasteiger partial charge in [0.15, 0.2) is 0 Å². The molecule has 3 nitrogen and oxygen atoms in total. The third-order valence-corrected chi connectivity index (χ3v) is 2.76. The van der Waals surface area contributed by atoms with Crippen LogP contribution in [0.3, 0.4) is 0 Å². The van der Waals surface area contributed by atoms with Crippen LogP contribution in [0.1, 0.15) is 18.9 Å². The highest BCUT2D eigenvalue weighted by molar-refractivity contribution is 5.33. The minimum atomic E-state index is 0.914. The number of hydrogen-bond donors (Lipinski definition) is 1. The Kier molecular flexibility index (Phi) is 4.73. The summed E-state index contributed by atoms with van der Waals surface area (Å²) in [4.78, 5) is 0. The standard InChI is InChI=1S/C15H19N3/c1-2-3-4-10-16-13-14-6-8-15(9-7-14)18-12-5-11-17-18/h2-3,5-9,11-12,16H,4,10,13H2,1H3/b3-2+. The lowest BCUT2D eigenvalue weighted by atomic mass is 10.2. The molecule has 0 fully saturated rings. The molecule has 0 radical (unpaired) electrons. The van der Waals surface area contributed by atoms with Crippen LogP contribution in [0.4, 0.5) is 0 Å². The Morgan fingerprint density at radius 2 is 2.11 bits per heavy atom. The molecule has 0 aliphatic carbocycles.